The van der Waals surface area contributed by atoms with Crippen LogP contribution in [0.25, 0.3) is 0 Å². The highest BCUT2D eigenvalue weighted by atomic mass is 16.5. The predicted molar refractivity (Wildman–Crippen MR) is 84.1 cm³/mol. The van der Waals surface area contributed by atoms with Crippen LogP contribution in [0.3, 0.4) is 0 Å². The van der Waals surface area contributed by atoms with Gasteiger partial charge in [-0.15, -0.1) is 0 Å². The van der Waals surface area contributed by atoms with Crippen LogP contribution in [0.5, 0.6) is 5.75 Å². The molecule has 0 saturated carbocycles. The number of benzene rings is 2. The van der Waals surface area contributed by atoms with Crippen molar-refractivity contribution in [3.05, 3.63) is 65.7 Å². The number of rotatable bonds is 8. The zero-order chi connectivity index (χ0) is 15.8. The van der Waals surface area contributed by atoms with Crippen LogP contribution in [0.2, 0.25) is 0 Å². The molecule has 0 bridgehead atoms. The molecule has 0 heterocycles. The minimum Gasteiger partial charge on any atom is -0.497 e. The van der Waals surface area contributed by atoms with Gasteiger partial charge < -0.3 is 14.6 Å². The zero-order valence-electron chi connectivity index (χ0n) is 12.6. The summed E-state index contributed by atoms with van der Waals surface area (Å²) in [5.74, 6) is -0.573. The molecule has 0 fully saturated rings. The van der Waals surface area contributed by atoms with Crippen LogP contribution in [0.15, 0.2) is 54.6 Å². The van der Waals surface area contributed by atoms with E-state index >= 15 is 0 Å². The minimum atomic E-state index is -0.823. The highest BCUT2D eigenvalue weighted by Crippen LogP contribution is 2.20. The van der Waals surface area contributed by atoms with Crippen molar-refractivity contribution in [2.45, 2.75) is 18.9 Å². The standard InChI is InChI=1S/C18H20O4/c1-21-16-9-5-6-14(12-16)13-22-11-10-17(18(19)20)15-7-3-2-4-8-15/h2-9,12,17H,10-11,13H2,1H3,(H,19,20). The molecule has 1 N–H and O–H groups in total. The Kier molecular flexibility index (Phi) is 5.98. The van der Waals surface area contributed by atoms with Crippen molar-refractivity contribution in [2.75, 3.05) is 13.7 Å². The molecule has 0 spiro atoms. The molecule has 0 aliphatic heterocycles. The number of carboxylic acid groups (broad SMARTS) is 1. The number of carboxylic acids is 1. The molecule has 116 valence electrons. The maximum absolute atomic E-state index is 11.4. The summed E-state index contributed by atoms with van der Waals surface area (Å²) in [4.78, 5) is 11.4. The summed E-state index contributed by atoms with van der Waals surface area (Å²) >= 11 is 0. The summed E-state index contributed by atoms with van der Waals surface area (Å²) in [7, 11) is 1.62. The molecular weight excluding hydrogens is 280 g/mol. The average molecular weight is 300 g/mol. The Morgan fingerprint density at radius 2 is 1.91 bits per heavy atom. The number of ether oxygens (including phenoxy) is 2. The highest BCUT2D eigenvalue weighted by Gasteiger charge is 2.19. The van der Waals surface area contributed by atoms with E-state index in [9.17, 15) is 9.90 Å². The molecule has 2 aromatic rings. The van der Waals surface area contributed by atoms with E-state index in [0.29, 0.717) is 19.6 Å². The predicted octanol–water partition coefficient (Wildman–Crippen LogP) is 3.47. The molecule has 4 nitrogen and oxygen atoms in total. The molecule has 2 rings (SSSR count). The Hall–Kier alpha value is -2.33. The number of carbonyl (C=O) groups is 1. The van der Waals surface area contributed by atoms with Crippen molar-refractivity contribution in [2.24, 2.45) is 0 Å². The molecule has 0 radical (unpaired) electrons. The first-order valence-electron chi connectivity index (χ1n) is 7.19. The van der Waals surface area contributed by atoms with Gasteiger partial charge in [0, 0.05) is 6.61 Å². The molecule has 2 aromatic carbocycles. The summed E-state index contributed by atoms with van der Waals surface area (Å²) in [5.41, 5.74) is 1.81. The zero-order valence-corrected chi connectivity index (χ0v) is 12.6. The third-order valence-electron chi connectivity index (χ3n) is 3.45. The summed E-state index contributed by atoms with van der Waals surface area (Å²) in [5, 5.41) is 9.34. The van der Waals surface area contributed by atoms with E-state index in [1.165, 1.54) is 0 Å². The fraction of sp³-hybridized carbons (Fsp3) is 0.278. The largest absolute Gasteiger partial charge is 0.497 e. The van der Waals surface area contributed by atoms with Crippen LogP contribution in [0.4, 0.5) is 0 Å². The normalized spacial score (nSPS) is 11.9. The van der Waals surface area contributed by atoms with Gasteiger partial charge in [-0.1, -0.05) is 42.5 Å². The van der Waals surface area contributed by atoms with E-state index in [1.54, 1.807) is 7.11 Å². The minimum absolute atomic E-state index is 0.392. The molecule has 4 heteroatoms. The number of hydrogen-bond acceptors (Lipinski definition) is 3. The van der Waals surface area contributed by atoms with Gasteiger partial charge in [0.05, 0.1) is 19.6 Å². The van der Waals surface area contributed by atoms with Crippen LogP contribution < -0.4 is 4.74 Å². The third-order valence-corrected chi connectivity index (χ3v) is 3.45. The summed E-state index contributed by atoms with van der Waals surface area (Å²) in [6.45, 7) is 0.835. The Morgan fingerprint density at radius 3 is 2.59 bits per heavy atom. The van der Waals surface area contributed by atoms with Gasteiger partial charge in [-0.05, 0) is 29.7 Å². The number of methoxy groups -OCH3 is 1. The van der Waals surface area contributed by atoms with E-state index in [4.69, 9.17) is 9.47 Å². The molecule has 1 atom stereocenters. The summed E-state index contributed by atoms with van der Waals surface area (Å²) < 4.78 is 10.8. The van der Waals surface area contributed by atoms with Gasteiger partial charge >= 0.3 is 5.97 Å². The summed E-state index contributed by atoms with van der Waals surface area (Å²) in [6, 6.07) is 16.9. The van der Waals surface area contributed by atoms with E-state index in [1.807, 2.05) is 54.6 Å². The fourth-order valence-electron chi connectivity index (χ4n) is 2.27. The van der Waals surface area contributed by atoms with Crippen LogP contribution in [-0.4, -0.2) is 24.8 Å². The fourth-order valence-corrected chi connectivity index (χ4v) is 2.27. The second-order valence-corrected chi connectivity index (χ2v) is 4.99. The van der Waals surface area contributed by atoms with Gasteiger partial charge in [-0.25, -0.2) is 0 Å². The van der Waals surface area contributed by atoms with Gasteiger partial charge in [-0.2, -0.15) is 0 Å². The van der Waals surface area contributed by atoms with Gasteiger partial charge in [0.1, 0.15) is 5.75 Å². The van der Waals surface area contributed by atoms with Crippen LogP contribution in [0.1, 0.15) is 23.5 Å². The lowest BCUT2D eigenvalue weighted by atomic mass is 9.96. The maximum Gasteiger partial charge on any atom is 0.311 e. The van der Waals surface area contributed by atoms with Crippen molar-refractivity contribution in [3.63, 3.8) is 0 Å². The van der Waals surface area contributed by atoms with Crippen molar-refractivity contribution < 1.29 is 19.4 Å². The van der Waals surface area contributed by atoms with E-state index in [-0.39, 0.29) is 0 Å². The highest BCUT2D eigenvalue weighted by molar-refractivity contribution is 5.76. The lowest BCUT2D eigenvalue weighted by Gasteiger charge is -2.13. The maximum atomic E-state index is 11.4. The quantitative estimate of drug-likeness (QED) is 0.758. The number of aliphatic carboxylic acids is 1. The Balaban J connectivity index is 1.85. The SMILES string of the molecule is COc1cccc(COCCC(C(=O)O)c2ccccc2)c1. The topological polar surface area (TPSA) is 55.8 Å². The Labute approximate surface area is 130 Å². The molecule has 0 saturated heterocycles. The molecule has 22 heavy (non-hydrogen) atoms. The Bertz CT molecular complexity index is 595. The van der Waals surface area contributed by atoms with Crippen molar-refractivity contribution >= 4 is 5.97 Å². The lowest BCUT2D eigenvalue weighted by Crippen LogP contribution is -2.14. The van der Waals surface area contributed by atoms with E-state index in [2.05, 4.69) is 0 Å². The van der Waals surface area contributed by atoms with Crippen LogP contribution >= 0.6 is 0 Å². The monoisotopic (exact) mass is 300 g/mol. The van der Waals surface area contributed by atoms with Crippen molar-refractivity contribution in [3.8, 4) is 5.75 Å². The first-order chi connectivity index (χ1) is 10.7. The van der Waals surface area contributed by atoms with Crippen molar-refractivity contribution in [1.82, 2.24) is 0 Å². The summed E-state index contributed by atoms with van der Waals surface area (Å²) in [6.07, 6.45) is 0.448. The smallest absolute Gasteiger partial charge is 0.311 e. The van der Waals surface area contributed by atoms with E-state index < -0.39 is 11.9 Å². The molecule has 1 unspecified atom stereocenters. The molecule has 0 aromatic heterocycles. The molecule has 0 aliphatic carbocycles. The van der Waals surface area contributed by atoms with Gasteiger partial charge in [-0.3, -0.25) is 4.79 Å². The molecule has 0 amide bonds. The number of hydrogen-bond donors (Lipinski definition) is 1. The van der Waals surface area contributed by atoms with Crippen molar-refractivity contribution in [1.29, 1.82) is 0 Å². The Morgan fingerprint density at radius 1 is 1.14 bits per heavy atom. The first kappa shape index (κ1) is 16.0. The van der Waals surface area contributed by atoms with Crippen LogP contribution in [-0.2, 0) is 16.1 Å². The lowest BCUT2D eigenvalue weighted by molar-refractivity contribution is -0.139. The van der Waals surface area contributed by atoms with Gasteiger partial charge in [0.25, 0.3) is 0 Å². The van der Waals surface area contributed by atoms with Gasteiger partial charge in [0.2, 0.25) is 0 Å². The first-order valence-corrected chi connectivity index (χ1v) is 7.19. The third kappa shape index (κ3) is 4.60. The molecule has 0 aliphatic rings. The average Bonchev–Trinajstić information content (AvgIpc) is 2.55. The van der Waals surface area contributed by atoms with Gasteiger partial charge in [0.15, 0.2) is 0 Å². The van der Waals surface area contributed by atoms with Crippen LogP contribution in [0, 0.1) is 0 Å². The molecular formula is C18H20O4. The van der Waals surface area contributed by atoms with E-state index in [0.717, 1.165) is 16.9 Å². The second kappa shape index (κ2) is 8.20. The second-order valence-electron chi connectivity index (χ2n) is 4.99.